The molecule has 0 aromatic heterocycles. The molecule has 0 saturated carbocycles. The fourth-order valence-electron chi connectivity index (χ4n) is 4.58. The highest BCUT2D eigenvalue weighted by Crippen LogP contribution is 2.37. The second-order valence-corrected chi connectivity index (χ2v) is 12.5. The molecular formula is C21H46OSi. The Kier molecular flexibility index (Phi) is 12.6. The van der Waals surface area contributed by atoms with Gasteiger partial charge in [0.2, 0.25) is 0 Å². The van der Waals surface area contributed by atoms with Crippen LogP contribution in [0.5, 0.6) is 0 Å². The second-order valence-electron chi connectivity index (χ2n) is 8.64. The van der Waals surface area contributed by atoms with E-state index in [-0.39, 0.29) is 0 Å². The van der Waals surface area contributed by atoms with Crippen LogP contribution in [-0.4, -0.2) is 14.4 Å². The molecule has 0 saturated heterocycles. The van der Waals surface area contributed by atoms with Crippen molar-refractivity contribution in [3.8, 4) is 0 Å². The van der Waals surface area contributed by atoms with E-state index in [1.54, 1.807) is 0 Å². The zero-order valence-electron chi connectivity index (χ0n) is 17.6. The Balaban J connectivity index is 5.23. The van der Waals surface area contributed by atoms with Crippen molar-refractivity contribution in [3.05, 3.63) is 0 Å². The summed E-state index contributed by atoms with van der Waals surface area (Å²) >= 11 is 0. The Morgan fingerprint density at radius 3 is 1.13 bits per heavy atom. The van der Waals surface area contributed by atoms with Gasteiger partial charge in [-0.25, -0.2) is 0 Å². The summed E-state index contributed by atoms with van der Waals surface area (Å²) in [5, 5.41) is 0. The van der Waals surface area contributed by atoms with Crippen LogP contribution in [0.15, 0.2) is 0 Å². The van der Waals surface area contributed by atoms with Crippen LogP contribution in [0.2, 0.25) is 18.1 Å². The molecule has 0 amide bonds. The Bertz CT molecular complexity index is 241. The first-order valence-electron chi connectivity index (χ1n) is 10.5. The van der Waals surface area contributed by atoms with Crippen LogP contribution in [0.25, 0.3) is 0 Å². The first kappa shape index (κ1) is 23.2. The fourth-order valence-corrected chi connectivity index (χ4v) is 10.8. The molecule has 0 spiro atoms. The average Bonchev–Trinajstić information content (AvgIpc) is 2.37. The van der Waals surface area contributed by atoms with E-state index in [9.17, 15) is 0 Å². The van der Waals surface area contributed by atoms with Crippen molar-refractivity contribution in [2.75, 3.05) is 0 Å². The van der Waals surface area contributed by atoms with Crippen LogP contribution < -0.4 is 0 Å². The molecule has 0 aliphatic carbocycles. The highest BCUT2D eigenvalue weighted by atomic mass is 28.4. The van der Waals surface area contributed by atoms with Crippen molar-refractivity contribution in [2.45, 2.75) is 118 Å². The van der Waals surface area contributed by atoms with Gasteiger partial charge in [0.15, 0.2) is 8.32 Å². The summed E-state index contributed by atoms with van der Waals surface area (Å²) in [6.07, 6.45) is 8.40. The zero-order valence-corrected chi connectivity index (χ0v) is 18.6. The number of hydrogen-bond donors (Lipinski definition) is 0. The predicted molar refractivity (Wildman–Crippen MR) is 109 cm³/mol. The lowest BCUT2D eigenvalue weighted by molar-refractivity contribution is 0.212. The Hall–Kier alpha value is 0.177. The van der Waals surface area contributed by atoms with E-state index in [0.717, 1.165) is 17.8 Å². The average molecular weight is 343 g/mol. The molecule has 0 aliphatic heterocycles. The molecule has 0 radical (unpaired) electrons. The first-order valence-corrected chi connectivity index (χ1v) is 13.0. The smallest absolute Gasteiger partial charge is 0.193 e. The summed E-state index contributed by atoms with van der Waals surface area (Å²) in [4.78, 5) is 0. The van der Waals surface area contributed by atoms with E-state index in [0.29, 0.717) is 6.10 Å². The van der Waals surface area contributed by atoms with Crippen LogP contribution in [0.4, 0.5) is 0 Å². The van der Waals surface area contributed by atoms with E-state index < -0.39 is 8.32 Å². The van der Waals surface area contributed by atoms with Gasteiger partial charge in [-0.15, -0.1) is 0 Å². The van der Waals surface area contributed by atoms with Crippen molar-refractivity contribution in [3.63, 3.8) is 0 Å². The van der Waals surface area contributed by atoms with Gasteiger partial charge in [-0.1, -0.05) is 80.1 Å². The summed E-state index contributed by atoms with van der Waals surface area (Å²) in [5.41, 5.74) is 0. The molecule has 0 aromatic rings. The minimum Gasteiger partial charge on any atom is -0.414 e. The van der Waals surface area contributed by atoms with Crippen LogP contribution in [0, 0.1) is 17.8 Å². The van der Waals surface area contributed by atoms with Crippen molar-refractivity contribution in [1.29, 1.82) is 0 Å². The molecule has 2 heteroatoms. The van der Waals surface area contributed by atoms with Gasteiger partial charge in [0.25, 0.3) is 0 Å². The van der Waals surface area contributed by atoms with E-state index >= 15 is 0 Å². The van der Waals surface area contributed by atoms with Gasteiger partial charge in [0.05, 0.1) is 0 Å². The molecule has 3 atom stereocenters. The minimum atomic E-state index is -1.66. The van der Waals surface area contributed by atoms with Gasteiger partial charge in [0.1, 0.15) is 0 Å². The molecule has 0 aromatic carbocycles. The van der Waals surface area contributed by atoms with Crippen molar-refractivity contribution < 1.29 is 4.43 Å². The molecule has 1 nitrogen and oxygen atoms in total. The fraction of sp³-hybridized carbons (Fsp3) is 1.00. The zero-order chi connectivity index (χ0) is 17.9. The van der Waals surface area contributed by atoms with Crippen molar-refractivity contribution >= 4 is 8.32 Å². The molecule has 3 unspecified atom stereocenters. The van der Waals surface area contributed by atoms with E-state index in [1.807, 2.05) is 0 Å². The predicted octanol–water partition coefficient (Wildman–Crippen LogP) is 7.67. The van der Waals surface area contributed by atoms with Gasteiger partial charge >= 0.3 is 0 Å². The third kappa shape index (κ3) is 10.6. The largest absolute Gasteiger partial charge is 0.414 e. The summed E-state index contributed by atoms with van der Waals surface area (Å²) in [6.45, 7) is 18.9. The highest BCUT2D eigenvalue weighted by molar-refractivity contribution is 6.74. The molecule has 0 rings (SSSR count). The Morgan fingerprint density at radius 1 is 0.609 bits per heavy atom. The summed E-state index contributed by atoms with van der Waals surface area (Å²) in [5.74, 6) is 2.48. The molecule has 0 fully saturated rings. The van der Waals surface area contributed by atoms with Crippen molar-refractivity contribution in [2.24, 2.45) is 17.8 Å². The van der Waals surface area contributed by atoms with Gasteiger partial charge < -0.3 is 4.43 Å². The SMILES string of the molecule is CCCC(C)C[Si](CC(C)CCC)(CC(C)CCC)OC(C)C. The van der Waals surface area contributed by atoms with Gasteiger partial charge in [-0.2, -0.15) is 0 Å². The molecule has 0 N–H and O–H groups in total. The summed E-state index contributed by atoms with van der Waals surface area (Å²) in [6, 6.07) is 4.13. The lowest BCUT2D eigenvalue weighted by Crippen LogP contribution is -2.44. The maximum absolute atomic E-state index is 6.83. The third-order valence-corrected chi connectivity index (χ3v) is 10.3. The van der Waals surface area contributed by atoms with Crippen molar-refractivity contribution in [1.82, 2.24) is 0 Å². The van der Waals surface area contributed by atoms with E-state index in [2.05, 4.69) is 55.4 Å². The molecule has 0 bridgehead atoms. The number of rotatable bonds is 14. The summed E-state index contributed by atoms with van der Waals surface area (Å²) < 4.78 is 6.83. The second kappa shape index (κ2) is 12.5. The Morgan fingerprint density at radius 2 is 0.913 bits per heavy atom. The standard InChI is InChI=1S/C21H46OSi/c1-9-12-19(6)15-23(22-18(4)5,16-20(7)13-10-2)17-21(8)14-11-3/h18-21H,9-17H2,1-8H3. The topological polar surface area (TPSA) is 9.23 Å². The van der Waals surface area contributed by atoms with Crippen LogP contribution in [-0.2, 0) is 4.43 Å². The lowest BCUT2D eigenvalue weighted by Gasteiger charge is -2.39. The van der Waals surface area contributed by atoms with Gasteiger partial charge in [0, 0.05) is 6.10 Å². The van der Waals surface area contributed by atoms with Crippen LogP contribution >= 0.6 is 0 Å². The van der Waals surface area contributed by atoms with E-state index in [1.165, 1.54) is 56.7 Å². The molecule has 140 valence electrons. The maximum Gasteiger partial charge on any atom is 0.193 e. The van der Waals surface area contributed by atoms with Gasteiger partial charge in [-0.3, -0.25) is 0 Å². The number of hydrogen-bond acceptors (Lipinski definition) is 1. The molecular weight excluding hydrogens is 296 g/mol. The maximum atomic E-state index is 6.83. The molecule has 23 heavy (non-hydrogen) atoms. The lowest BCUT2D eigenvalue weighted by atomic mass is 10.1. The minimum absolute atomic E-state index is 0.387. The van der Waals surface area contributed by atoms with E-state index in [4.69, 9.17) is 4.43 Å². The quantitative estimate of drug-likeness (QED) is 0.294. The third-order valence-electron chi connectivity index (χ3n) is 4.99. The van der Waals surface area contributed by atoms with Crippen LogP contribution in [0.3, 0.4) is 0 Å². The summed E-state index contributed by atoms with van der Waals surface area (Å²) in [7, 11) is -1.66. The Labute approximate surface area is 149 Å². The normalized spacial score (nSPS) is 18.7. The molecule has 0 aliphatic rings. The van der Waals surface area contributed by atoms with Crippen LogP contribution in [0.1, 0.15) is 93.9 Å². The molecule has 0 heterocycles. The van der Waals surface area contributed by atoms with Gasteiger partial charge in [-0.05, 0) is 49.7 Å². The highest BCUT2D eigenvalue weighted by Gasteiger charge is 2.39. The first-order chi connectivity index (χ1) is 10.8. The monoisotopic (exact) mass is 342 g/mol.